The van der Waals surface area contributed by atoms with E-state index in [4.69, 9.17) is 14.7 Å². The topological polar surface area (TPSA) is 127 Å². The summed E-state index contributed by atoms with van der Waals surface area (Å²) in [6, 6.07) is 5.25. The number of phenolic OH excluding ortho intramolecular Hbond substituents is 2. The number of carbonyl (C=O) groups excluding carboxylic acids is 1. The minimum Gasteiger partial charge on any atom is -0.504 e. The van der Waals surface area contributed by atoms with Gasteiger partial charge < -0.3 is 29.6 Å². The first-order valence-corrected chi connectivity index (χ1v) is 13.1. The molecule has 196 valence electrons. The standard InChI is InChI=1S/C25H31N7O4S/c1-4-36-23(35)22-15(2)26-25(37-22)29-24-27-20(31-9-7-30(3)8-10-31)13-21(28-24)32-6-5-16-11-18(33)19(34)12-17(16)14-32/h11-13,33-34H,4-10,14H2,1-3H3,(H,26,27,28,29). The third-order valence-corrected chi connectivity index (χ3v) is 7.69. The van der Waals surface area contributed by atoms with Gasteiger partial charge in [-0.05, 0) is 50.6 Å². The predicted molar refractivity (Wildman–Crippen MR) is 142 cm³/mol. The Labute approximate surface area is 219 Å². The number of esters is 1. The number of fused-ring (bicyclic) bond motifs is 1. The zero-order valence-electron chi connectivity index (χ0n) is 21.2. The number of nitrogens with zero attached hydrogens (tertiary/aromatic N) is 6. The molecule has 0 aliphatic carbocycles. The number of benzene rings is 1. The van der Waals surface area contributed by atoms with Crippen LogP contribution in [-0.2, 0) is 17.7 Å². The summed E-state index contributed by atoms with van der Waals surface area (Å²) < 4.78 is 5.14. The number of likely N-dealkylation sites (N-methyl/N-ethyl adjacent to an activating group) is 1. The summed E-state index contributed by atoms with van der Waals surface area (Å²) in [4.78, 5) is 33.5. The second-order valence-electron chi connectivity index (χ2n) is 9.26. The van der Waals surface area contributed by atoms with Gasteiger partial charge in [-0.15, -0.1) is 0 Å². The summed E-state index contributed by atoms with van der Waals surface area (Å²) in [7, 11) is 2.11. The number of aromatic nitrogens is 3. The van der Waals surface area contributed by atoms with Crippen LogP contribution < -0.4 is 15.1 Å². The van der Waals surface area contributed by atoms with Crippen molar-refractivity contribution < 1.29 is 19.7 Å². The number of piperazine rings is 1. The van der Waals surface area contributed by atoms with Crippen LogP contribution in [0, 0.1) is 6.92 Å². The Bertz CT molecular complexity index is 1310. The van der Waals surface area contributed by atoms with E-state index in [1.807, 2.05) is 6.07 Å². The SMILES string of the molecule is CCOC(=O)c1sc(Nc2nc(N3CCN(C)CC3)cc(N3CCc4cc(O)c(O)cc4C3)n2)nc1C. The predicted octanol–water partition coefficient (Wildman–Crippen LogP) is 2.89. The van der Waals surface area contributed by atoms with E-state index in [-0.39, 0.29) is 17.5 Å². The van der Waals surface area contributed by atoms with Gasteiger partial charge >= 0.3 is 5.97 Å². The molecule has 2 aliphatic heterocycles. The van der Waals surface area contributed by atoms with Crippen LogP contribution in [0.15, 0.2) is 18.2 Å². The van der Waals surface area contributed by atoms with E-state index >= 15 is 0 Å². The fraction of sp³-hybridized carbons (Fsp3) is 0.440. The van der Waals surface area contributed by atoms with Gasteiger partial charge in [0, 0.05) is 45.3 Å². The van der Waals surface area contributed by atoms with Gasteiger partial charge in [-0.1, -0.05) is 11.3 Å². The largest absolute Gasteiger partial charge is 0.504 e. The van der Waals surface area contributed by atoms with E-state index in [1.165, 1.54) is 11.3 Å². The third kappa shape index (κ3) is 5.39. The Balaban J connectivity index is 1.46. The average molecular weight is 526 g/mol. The Kier molecular flexibility index (Phi) is 7.02. The molecule has 11 nitrogen and oxygen atoms in total. The van der Waals surface area contributed by atoms with Crippen LogP contribution in [0.2, 0.25) is 0 Å². The van der Waals surface area contributed by atoms with Crippen molar-refractivity contribution in [3.05, 3.63) is 39.9 Å². The van der Waals surface area contributed by atoms with E-state index < -0.39 is 0 Å². The lowest BCUT2D eigenvalue weighted by Crippen LogP contribution is -2.45. The van der Waals surface area contributed by atoms with Crippen LogP contribution >= 0.6 is 11.3 Å². The molecule has 2 aliphatic rings. The van der Waals surface area contributed by atoms with Gasteiger partial charge in [0.25, 0.3) is 0 Å². The molecule has 1 fully saturated rings. The fourth-order valence-corrected chi connectivity index (χ4v) is 5.40. The van der Waals surface area contributed by atoms with Crippen molar-refractivity contribution >= 4 is 40.0 Å². The van der Waals surface area contributed by atoms with Crippen molar-refractivity contribution in [2.24, 2.45) is 0 Å². The van der Waals surface area contributed by atoms with Gasteiger partial charge in [-0.2, -0.15) is 9.97 Å². The normalized spacial score (nSPS) is 16.0. The molecular formula is C25H31N7O4S. The number of hydrogen-bond acceptors (Lipinski definition) is 12. The van der Waals surface area contributed by atoms with Crippen LogP contribution in [0.5, 0.6) is 11.5 Å². The lowest BCUT2D eigenvalue weighted by Gasteiger charge is -2.34. The number of thiazole rings is 1. The molecule has 0 unspecified atom stereocenters. The summed E-state index contributed by atoms with van der Waals surface area (Å²) in [6.45, 7) is 8.69. The molecule has 0 amide bonds. The number of carbonyl (C=O) groups is 1. The molecule has 12 heteroatoms. The Hall–Kier alpha value is -3.64. The fourth-order valence-electron chi connectivity index (χ4n) is 4.55. The van der Waals surface area contributed by atoms with Crippen molar-refractivity contribution in [1.29, 1.82) is 0 Å². The van der Waals surface area contributed by atoms with Crippen molar-refractivity contribution in [3.63, 3.8) is 0 Å². The number of rotatable bonds is 6. The number of hydrogen-bond donors (Lipinski definition) is 3. The first kappa shape index (κ1) is 25.0. The highest BCUT2D eigenvalue weighted by atomic mass is 32.1. The molecule has 0 radical (unpaired) electrons. The monoisotopic (exact) mass is 525 g/mol. The molecule has 5 rings (SSSR count). The highest BCUT2D eigenvalue weighted by Crippen LogP contribution is 2.34. The van der Waals surface area contributed by atoms with Gasteiger partial charge in [0.2, 0.25) is 5.95 Å². The van der Waals surface area contributed by atoms with Gasteiger partial charge in [-0.3, -0.25) is 5.32 Å². The van der Waals surface area contributed by atoms with E-state index in [1.54, 1.807) is 26.0 Å². The maximum atomic E-state index is 12.3. The van der Waals surface area contributed by atoms with Gasteiger partial charge in [0.15, 0.2) is 16.6 Å². The molecule has 0 bridgehead atoms. The zero-order valence-corrected chi connectivity index (χ0v) is 22.0. The maximum absolute atomic E-state index is 12.3. The molecule has 37 heavy (non-hydrogen) atoms. The highest BCUT2D eigenvalue weighted by molar-refractivity contribution is 7.17. The molecular weight excluding hydrogens is 494 g/mol. The number of ether oxygens (including phenoxy) is 1. The van der Waals surface area contributed by atoms with E-state index in [0.717, 1.165) is 48.9 Å². The second-order valence-corrected chi connectivity index (χ2v) is 10.3. The van der Waals surface area contributed by atoms with Crippen LogP contribution in [-0.4, -0.2) is 82.4 Å². The minimum atomic E-state index is -0.389. The number of phenols is 2. The smallest absolute Gasteiger partial charge is 0.350 e. The molecule has 2 aromatic heterocycles. The quantitative estimate of drug-likeness (QED) is 0.325. The molecule has 0 spiro atoms. The van der Waals surface area contributed by atoms with Crippen molar-refractivity contribution in [3.8, 4) is 11.5 Å². The summed E-state index contributed by atoms with van der Waals surface area (Å²) in [5, 5.41) is 23.6. The van der Waals surface area contributed by atoms with Crippen molar-refractivity contribution in [2.45, 2.75) is 26.8 Å². The second kappa shape index (κ2) is 10.4. The van der Waals surface area contributed by atoms with E-state index in [0.29, 0.717) is 47.8 Å². The molecule has 3 N–H and O–H groups in total. The first-order chi connectivity index (χ1) is 17.8. The number of nitrogens with one attached hydrogen (secondary N) is 1. The summed E-state index contributed by atoms with van der Waals surface area (Å²) in [6.07, 6.45) is 0.717. The van der Waals surface area contributed by atoms with Crippen molar-refractivity contribution in [1.82, 2.24) is 19.9 Å². The van der Waals surface area contributed by atoms with E-state index in [2.05, 4.69) is 32.0 Å². The summed E-state index contributed by atoms with van der Waals surface area (Å²) in [5.41, 5.74) is 2.56. The van der Waals surface area contributed by atoms with Crippen LogP contribution in [0.1, 0.15) is 33.4 Å². The molecule has 4 heterocycles. The number of anilines is 4. The molecule has 3 aromatic rings. The lowest BCUT2D eigenvalue weighted by atomic mass is 9.99. The van der Waals surface area contributed by atoms with Crippen molar-refractivity contribution in [2.75, 3.05) is 61.5 Å². The minimum absolute atomic E-state index is 0.0981. The Morgan fingerprint density at radius 3 is 2.38 bits per heavy atom. The maximum Gasteiger partial charge on any atom is 0.350 e. The average Bonchev–Trinajstić information content (AvgIpc) is 3.24. The van der Waals surface area contributed by atoms with Gasteiger partial charge in [0.05, 0.1) is 12.3 Å². The Morgan fingerprint density at radius 1 is 1.00 bits per heavy atom. The third-order valence-electron chi connectivity index (χ3n) is 6.64. The van der Waals surface area contributed by atoms with Gasteiger partial charge in [-0.25, -0.2) is 9.78 Å². The first-order valence-electron chi connectivity index (χ1n) is 12.3. The molecule has 1 saturated heterocycles. The van der Waals surface area contributed by atoms with Crippen LogP contribution in [0.3, 0.4) is 0 Å². The number of aromatic hydroxyl groups is 2. The Morgan fingerprint density at radius 2 is 1.68 bits per heavy atom. The molecule has 0 saturated carbocycles. The molecule has 1 aromatic carbocycles. The lowest BCUT2D eigenvalue weighted by molar-refractivity contribution is 0.0531. The van der Waals surface area contributed by atoms with Crippen LogP contribution in [0.4, 0.5) is 22.7 Å². The summed E-state index contributed by atoms with van der Waals surface area (Å²) >= 11 is 1.22. The molecule has 0 atom stereocenters. The van der Waals surface area contributed by atoms with Crippen LogP contribution in [0.25, 0.3) is 0 Å². The number of aryl methyl sites for hydroxylation is 1. The summed E-state index contributed by atoms with van der Waals surface area (Å²) in [5.74, 6) is 1.36. The highest BCUT2D eigenvalue weighted by Gasteiger charge is 2.24. The van der Waals surface area contributed by atoms with Gasteiger partial charge in [0.1, 0.15) is 16.5 Å². The van der Waals surface area contributed by atoms with E-state index in [9.17, 15) is 15.0 Å². The zero-order chi connectivity index (χ0) is 26.1.